The maximum absolute atomic E-state index is 14.2. The van der Waals surface area contributed by atoms with Crippen LogP contribution in [0.25, 0.3) is 0 Å². The molecule has 172 valence electrons. The lowest BCUT2D eigenvalue weighted by Gasteiger charge is -2.28. The zero-order valence-corrected chi connectivity index (χ0v) is 18.9. The first-order chi connectivity index (χ1) is 15.0. The minimum atomic E-state index is -1.18. The molecule has 0 aromatic heterocycles. The average molecular weight is 435 g/mol. The standard InChI is InChI=1S/C26H36F2O3/c1-3-5-18-6-8-19(9-7-18)10-11-20-12-14-21(15-13-20)26(29)31-23-17-16-22(30-4-2)24(27)25(23)28/h10-11,16-21H,3-9,12-15H2,1-2H3/b11-10+. The smallest absolute Gasteiger partial charge is 0.314 e. The SMILES string of the molecule is CCCC1CCC(/C=C/C2CCC(C(=O)Oc3ccc(OCC)c(F)c3F)CC2)CC1. The number of halogens is 2. The molecule has 0 heterocycles. The molecule has 1 aromatic rings. The Morgan fingerprint density at radius 2 is 1.45 bits per heavy atom. The second-order valence-electron chi connectivity index (χ2n) is 9.11. The summed E-state index contributed by atoms with van der Waals surface area (Å²) in [7, 11) is 0. The van der Waals surface area contributed by atoms with Crippen molar-refractivity contribution in [3.63, 3.8) is 0 Å². The summed E-state index contributed by atoms with van der Waals surface area (Å²) in [5, 5.41) is 0. The van der Waals surface area contributed by atoms with E-state index >= 15 is 0 Å². The van der Waals surface area contributed by atoms with E-state index < -0.39 is 17.6 Å². The number of ether oxygens (including phenoxy) is 2. The van der Waals surface area contributed by atoms with Crippen LogP contribution in [0.3, 0.4) is 0 Å². The normalized spacial score (nSPS) is 26.7. The van der Waals surface area contributed by atoms with Gasteiger partial charge in [0.05, 0.1) is 12.5 Å². The van der Waals surface area contributed by atoms with Crippen LogP contribution < -0.4 is 9.47 Å². The van der Waals surface area contributed by atoms with Gasteiger partial charge in [0.1, 0.15) is 0 Å². The van der Waals surface area contributed by atoms with Gasteiger partial charge in [-0.15, -0.1) is 0 Å². The molecule has 1 aromatic carbocycles. The van der Waals surface area contributed by atoms with Gasteiger partial charge in [-0.25, -0.2) is 0 Å². The largest absolute Gasteiger partial charge is 0.491 e. The Labute approximate surface area is 185 Å². The molecule has 2 fully saturated rings. The van der Waals surface area contributed by atoms with Crippen molar-refractivity contribution >= 4 is 5.97 Å². The van der Waals surface area contributed by atoms with E-state index in [1.165, 1.54) is 50.7 Å². The van der Waals surface area contributed by atoms with E-state index in [0.717, 1.165) is 31.6 Å². The zero-order chi connectivity index (χ0) is 22.2. The lowest BCUT2D eigenvalue weighted by molar-refractivity contribution is -0.140. The van der Waals surface area contributed by atoms with Gasteiger partial charge >= 0.3 is 5.97 Å². The molecule has 0 bridgehead atoms. The van der Waals surface area contributed by atoms with E-state index in [9.17, 15) is 13.6 Å². The molecule has 2 saturated carbocycles. The molecule has 0 unspecified atom stereocenters. The van der Waals surface area contributed by atoms with Crippen LogP contribution in [0.4, 0.5) is 8.78 Å². The first kappa shape index (κ1) is 23.7. The molecular weight excluding hydrogens is 398 g/mol. The lowest BCUT2D eigenvalue weighted by atomic mass is 9.78. The fourth-order valence-corrected chi connectivity index (χ4v) is 4.99. The van der Waals surface area contributed by atoms with Gasteiger partial charge in [-0.3, -0.25) is 4.79 Å². The minimum Gasteiger partial charge on any atom is -0.491 e. The minimum absolute atomic E-state index is 0.175. The number of carbonyl (C=O) groups is 1. The van der Waals surface area contributed by atoms with E-state index in [4.69, 9.17) is 9.47 Å². The van der Waals surface area contributed by atoms with E-state index in [1.54, 1.807) is 6.92 Å². The summed E-state index contributed by atoms with van der Waals surface area (Å²) in [6, 6.07) is 2.55. The molecule has 0 saturated heterocycles. The second-order valence-corrected chi connectivity index (χ2v) is 9.11. The van der Waals surface area contributed by atoms with Crippen molar-refractivity contribution in [2.45, 2.75) is 78.1 Å². The summed E-state index contributed by atoms with van der Waals surface area (Å²) in [6.07, 6.45) is 16.0. The fraction of sp³-hybridized carbons (Fsp3) is 0.654. The van der Waals surface area contributed by atoms with Gasteiger partial charge in [-0.2, -0.15) is 8.78 Å². The molecule has 0 atom stereocenters. The van der Waals surface area contributed by atoms with Crippen molar-refractivity contribution in [1.82, 2.24) is 0 Å². The van der Waals surface area contributed by atoms with Crippen LogP contribution in [0.15, 0.2) is 24.3 Å². The molecule has 2 aliphatic carbocycles. The van der Waals surface area contributed by atoms with E-state index in [-0.39, 0.29) is 24.0 Å². The summed E-state index contributed by atoms with van der Waals surface area (Å²) in [5.74, 6) is -1.45. The predicted molar refractivity (Wildman–Crippen MR) is 118 cm³/mol. The molecule has 3 nitrogen and oxygen atoms in total. The van der Waals surface area contributed by atoms with Crippen molar-refractivity contribution in [2.24, 2.45) is 23.7 Å². The van der Waals surface area contributed by atoms with Gasteiger partial charge in [-0.1, -0.05) is 31.9 Å². The van der Waals surface area contributed by atoms with Gasteiger partial charge in [-0.05, 0) is 88.2 Å². The second kappa shape index (κ2) is 11.6. The third kappa shape index (κ3) is 6.54. The summed E-state index contributed by atoms with van der Waals surface area (Å²) in [4.78, 5) is 12.5. The molecule has 2 aliphatic rings. The van der Waals surface area contributed by atoms with E-state index in [2.05, 4.69) is 19.1 Å². The van der Waals surface area contributed by atoms with Crippen molar-refractivity contribution < 1.29 is 23.0 Å². The van der Waals surface area contributed by atoms with Crippen molar-refractivity contribution in [2.75, 3.05) is 6.61 Å². The van der Waals surface area contributed by atoms with Crippen LogP contribution in [-0.2, 0) is 4.79 Å². The Kier molecular flexibility index (Phi) is 8.91. The average Bonchev–Trinajstić information content (AvgIpc) is 2.79. The fourth-order valence-electron chi connectivity index (χ4n) is 4.99. The first-order valence-electron chi connectivity index (χ1n) is 12.0. The van der Waals surface area contributed by atoms with Crippen LogP contribution in [-0.4, -0.2) is 12.6 Å². The maximum atomic E-state index is 14.2. The number of allylic oxidation sites excluding steroid dienone is 2. The van der Waals surface area contributed by atoms with E-state index in [1.807, 2.05) is 0 Å². The molecule has 0 spiro atoms. The Morgan fingerprint density at radius 1 is 0.903 bits per heavy atom. The highest BCUT2D eigenvalue weighted by molar-refractivity contribution is 5.75. The Hall–Kier alpha value is -1.91. The molecule has 0 N–H and O–H groups in total. The number of hydrogen-bond donors (Lipinski definition) is 0. The summed E-state index contributed by atoms with van der Waals surface area (Å²) < 4.78 is 38.4. The lowest BCUT2D eigenvalue weighted by Crippen LogP contribution is -2.25. The van der Waals surface area contributed by atoms with Crippen LogP contribution in [0.5, 0.6) is 11.5 Å². The van der Waals surface area contributed by atoms with Crippen molar-refractivity contribution in [3.05, 3.63) is 35.9 Å². The number of esters is 1. The third-order valence-corrected chi connectivity index (χ3v) is 6.87. The van der Waals surface area contributed by atoms with Gasteiger partial charge in [0.2, 0.25) is 11.6 Å². The molecule has 0 aliphatic heterocycles. The Morgan fingerprint density at radius 3 is 2.03 bits per heavy atom. The van der Waals surface area contributed by atoms with Gasteiger partial charge in [0.25, 0.3) is 0 Å². The number of carbonyl (C=O) groups excluding carboxylic acids is 1. The van der Waals surface area contributed by atoms with Gasteiger partial charge in [0, 0.05) is 0 Å². The number of rotatable bonds is 8. The topological polar surface area (TPSA) is 35.5 Å². The molecule has 0 amide bonds. The highest BCUT2D eigenvalue weighted by Gasteiger charge is 2.28. The highest BCUT2D eigenvalue weighted by atomic mass is 19.2. The van der Waals surface area contributed by atoms with Crippen molar-refractivity contribution in [3.8, 4) is 11.5 Å². The molecule has 0 radical (unpaired) electrons. The third-order valence-electron chi connectivity index (χ3n) is 6.87. The molecular formula is C26H36F2O3. The first-order valence-corrected chi connectivity index (χ1v) is 12.0. The molecule has 31 heavy (non-hydrogen) atoms. The molecule has 5 heteroatoms. The molecule has 3 rings (SSSR count). The number of benzene rings is 1. The summed E-state index contributed by atoms with van der Waals surface area (Å²) >= 11 is 0. The summed E-state index contributed by atoms with van der Waals surface area (Å²) in [5.41, 5.74) is 0. The van der Waals surface area contributed by atoms with Crippen LogP contribution in [0.1, 0.15) is 78.1 Å². The number of hydrogen-bond acceptors (Lipinski definition) is 3. The quantitative estimate of drug-likeness (QED) is 0.246. The van der Waals surface area contributed by atoms with E-state index in [0.29, 0.717) is 11.8 Å². The predicted octanol–water partition coefficient (Wildman–Crippen LogP) is 7.24. The van der Waals surface area contributed by atoms with Crippen LogP contribution in [0, 0.1) is 35.3 Å². The van der Waals surface area contributed by atoms with Crippen LogP contribution >= 0.6 is 0 Å². The zero-order valence-electron chi connectivity index (χ0n) is 18.9. The van der Waals surface area contributed by atoms with Crippen molar-refractivity contribution in [1.29, 1.82) is 0 Å². The maximum Gasteiger partial charge on any atom is 0.314 e. The summed E-state index contributed by atoms with van der Waals surface area (Å²) in [6.45, 7) is 4.19. The Balaban J connectivity index is 1.44. The van der Waals surface area contributed by atoms with Gasteiger partial charge in [0.15, 0.2) is 11.5 Å². The van der Waals surface area contributed by atoms with Gasteiger partial charge < -0.3 is 9.47 Å². The van der Waals surface area contributed by atoms with Crippen LogP contribution in [0.2, 0.25) is 0 Å². The Bertz CT molecular complexity index is 745. The monoisotopic (exact) mass is 434 g/mol. The highest BCUT2D eigenvalue weighted by Crippen LogP contribution is 2.35.